The third-order valence-corrected chi connectivity index (χ3v) is 5.34. The van der Waals surface area contributed by atoms with Gasteiger partial charge in [0.2, 0.25) is 0 Å². The summed E-state index contributed by atoms with van der Waals surface area (Å²) in [7, 11) is 1.50. The Balaban J connectivity index is 1.58. The maximum Gasteiger partial charge on any atom is 0.433 e. The van der Waals surface area contributed by atoms with Crippen molar-refractivity contribution in [1.82, 2.24) is 10.3 Å². The third kappa shape index (κ3) is 4.69. The van der Waals surface area contributed by atoms with Gasteiger partial charge in [0.1, 0.15) is 11.4 Å². The van der Waals surface area contributed by atoms with Crippen molar-refractivity contribution in [2.24, 2.45) is 0 Å². The molecule has 1 aliphatic rings. The molecule has 32 heavy (non-hydrogen) atoms. The van der Waals surface area contributed by atoms with E-state index in [9.17, 15) is 18.0 Å². The largest absolute Gasteiger partial charge is 0.496 e. The van der Waals surface area contributed by atoms with Gasteiger partial charge < -0.3 is 15.4 Å². The number of anilines is 1. The van der Waals surface area contributed by atoms with Gasteiger partial charge in [-0.2, -0.15) is 13.2 Å². The number of nitrogens with zero attached hydrogens (tertiary/aromatic N) is 1. The van der Waals surface area contributed by atoms with E-state index in [1.165, 1.54) is 7.11 Å². The number of amides is 1. The summed E-state index contributed by atoms with van der Waals surface area (Å²) in [5.74, 6) is 0.182. The van der Waals surface area contributed by atoms with Crippen molar-refractivity contribution in [3.8, 4) is 5.75 Å². The van der Waals surface area contributed by atoms with Crippen LogP contribution in [-0.4, -0.2) is 24.0 Å². The number of carbonyl (C=O) groups excluding carboxylic acids is 1. The fraction of sp³-hybridized carbons (Fsp3) is 0.250. The number of para-hydroxylation sites is 2. The molecule has 5 nitrogen and oxygen atoms in total. The number of fused-ring (bicyclic) bond motifs is 1. The van der Waals surface area contributed by atoms with E-state index in [1.54, 1.807) is 48.5 Å². The Kier molecular flexibility index (Phi) is 6.03. The molecule has 0 saturated heterocycles. The first kappa shape index (κ1) is 21.7. The zero-order chi connectivity index (χ0) is 22.7. The molecule has 2 aromatic carbocycles. The first-order chi connectivity index (χ1) is 15.3. The van der Waals surface area contributed by atoms with E-state index in [4.69, 9.17) is 4.74 Å². The lowest BCUT2D eigenvalue weighted by Gasteiger charge is -2.24. The van der Waals surface area contributed by atoms with E-state index in [0.29, 0.717) is 28.8 Å². The summed E-state index contributed by atoms with van der Waals surface area (Å²) in [6, 6.07) is 14.4. The number of benzene rings is 2. The number of nitrogens with one attached hydrogen (secondary N) is 2. The van der Waals surface area contributed by atoms with Gasteiger partial charge in [-0.15, -0.1) is 0 Å². The highest BCUT2D eigenvalue weighted by Gasteiger charge is 2.33. The standard InChI is InChI=1S/C24H22F3N3O2/c1-32-21-12-5-3-10-18(21)23(31)29-16-8-6-7-15(13-16)28-20-14-22(24(25,26)27)30-19-11-4-2-9-17(19)20/h2-5,9-15H,6-8H2,1H3,(H,28,30)(H,29,31)/t15-/m0/s1. The molecule has 166 valence electrons. The average Bonchev–Trinajstić information content (AvgIpc) is 2.78. The van der Waals surface area contributed by atoms with Gasteiger partial charge >= 0.3 is 6.18 Å². The number of hydrogen-bond donors (Lipinski definition) is 2. The first-order valence-electron chi connectivity index (χ1n) is 10.2. The summed E-state index contributed by atoms with van der Waals surface area (Å²) in [6.07, 6.45) is -0.503. The van der Waals surface area contributed by atoms with Gasteiger partial charge in [-0.05, 0) is 49.6 Å². The first-order valence-corrected chi connectivity index (χ1v) is 10.2. The lowest BCUT2D eigenvalue weighted by Crippen LogP contribution is -2.29. The Bertz CT molecular complexity index is 1170. The second-order valence-corrected chi connectivity index (χ2v) is 7.56. The molecule has 0 fully saturated rings. The number of rotatable bonds is 5. The Morgan fingerprint density at radius 1 is 1.12 bits per heavy atom. The monoisotopic (exact) mass is 441 g/mol. The van der Waals surface area contributed by atoms with Crippen molar-refractivity contribution in [1.29, 1.82) is 0 Å². The van der Waals surface area contributed by atoms with E-state index in [1.807, 2.05) is 6.08 Å². The molecule has 0 unspecified atom stereocenters. The average molecular weight is 441 g/mol. The number of allylic oxidation sites excluding steroid dienone is 1. The highest BCUT2D eigenvalue weighted by Crippen LogP contribution is 2.34. The van der Waals surface area contributed by atoms with Crippen LogP contribution in [0.4, 0.5) is 18.9 Å². The highest BCUT2D eigenvalue weighted by atomic mass is 19.4. The Labute approximate surface area is 183 Å². The van der Waals surface area contributed by atoms with Crippen molar-refractivity contribution >= 4 is 22.5 Å². The van der Waals surface area contributed by atoms with Crippen LogP contribution in [0.25, 0.3) is 10.9 Å². The Hall–Kier alpha value is -3.55. The highest BCUT2D eigenvalue weighted by molar-refractivity contribution is 5.98. The minimum atomic E-state index is -4.54. The van der Waals surface area contributed by atoms with Gasteiger partial charge in [0.25, 0.3) is 5.91 Å². The Morgan fingerprint density at radius 3 is 2.66 bits per heavy atom. The summed E-state index contributed by atoms with van der Waals surface area (Å²) in [5.41, 5.74) is 0.832. The van der Waals surface area contributed by atoms with Crippen LogP contribution in [-0.2, 0) is 6.18 Å². The zero-order valence-electron chi connectivity index (χ0n) is 17.4. The fourth-order valence-corrected chi connectivity index (χ4v) is 3.83. The van der Waals surface area contributed by atoms with Crippen molar-refractivity contribution in [3.05, 3.63) is 77.6 Å². The number of methoxy groups -OCH3 is 1. The molecule has 3 aromatic rings. The lowest BCUT2D eigenvalue weighted by molar-refractivity contribution is -0.140. The zero-order valence-corrected chi connectivity index (χ0v) is 17.4. The number of pyridine rings is 1. The second kappa shape index (κ2) is 8.90. The van der Waals surface area contributed by atoms with Crippen LogP contribution in [0.2, 0.25) is 0 Å². The number of hydrogen-bond acceptors (Lipinski definition) is 4. The van der Waals surface area contributed by atoms with E-state index in [0.717, 1.165) is 24.6 Å². The van der Waals surface area contributed by atoms with Gasteiger partial charge in [-0.25, -0.2) is 4.98 Å². The van der Waals surface area contributed by atoms with Gasteiger partial charge in [-0.3, -0.25) is 4.79 Å². The molecule has 1 aromatic heterocycles. The van der Waals surface area contributed by atoms with Crippen LogP contribution in [0.15, 0.2) is 66.4 Å². The molecule has 0 bridgehead atoms. The second-order valence-electron chi connectivity index (χ2n) is 7.56. The predicted molar refractivity (Wildman–Crippen MR) is 117 cm³/mol. The molecule has 1 amide bonds. The molecule has 0 spiro atoms. The van der Waals surface area contributed by atoms with E-state index >= 15 is 0 Å². The number of aromatic nitrogens is 1. The smallest absolute Gasteiger partial charge is 0.433 e. The van der Waals surface area contributed by atoms with Crippen molar-refractivity contribution < 1.29 is 22.7 Å². The predicted octanol–water partition coefficient (Wildman–Crippen LogP) is 5.54. The normalized spacial score (nSPS) is 16.4. The molecule has 0 radical (unpaired) electrons. The summed E-state index contributed by atoms with van der Waals surface area (Å²) >= 11 is 0. The minimum absolute atomic E-state index is 0.233. The number of alkyl halides is 3. The van der Waals surface area contributed by atoms with Gasteiger partial charge in [0.15, 0.2) is 0 Å². The summed E-state index contributed by atoms with van der Waals surface area (Å²) in [4.78, 5) is 16.5. The maximum absolute atomic E-state index is 13.3. The van der Waals surface area contributed by atoms with Crippen molar-refractivity contribution in [2.75, 3.05) is 12.4 Å². The van der Waals surface area contributed by atoms with Crippen LogP contribution in [0.3, 0.4) is 0 Å². The number of ether oxygens (including phenoxy) is 1. The van der Waals surface area contributed by atoms with Gasteiger partial charge in [0.05, 0.1) is 18.2 Å². The van der Waals surface area contributed by atoms with E-state index < -0.39 is 11.9 Å². The number of carbonyl (C=O) groups is 1. The van der Waals surface area contributed by atoms with Crippen LogP contribution in [0.5, 0.6) is 5.75 Å². The molecule has 8 heteroatoms. The van der Waals surface area contributed by atoms with Gasteiger partial charge in [-0.1, -0.05) is 30.3 Å². The summed E-state index contributed by atoms with van der Waals surface area (Å²) in [6.45, 7) is 0. The molecule has 0 aliphatic heterocycles. The molecule has 1 heterocycles. The van der Waals surface area contributed by atoms with Crippen LogP contribution >= 0.6 is 0 Å². The molecule has 1 atom stereocenters. The van der Waals surface area contributed by atoms with Crippen LogP contribution < -0.4 is 15.4 Å². The summed E-state index contributed by atoms with van der Waals surface area (Å²) < 4.78 is 45.3. The van der Waals surface area contributed by atoms with Gasteiger partial charge in [0, 0.05) is 22.8 Å². The third-order valence-electron chi connectivity index (χ3n) is 5.34. The maximum atomic E-state index is 13.3. The minimum Gasteiger partial charge on any atom is -0.496 e. The van der Waals surface area contributed by atoms with Crippen molar-refractivity contribution in [2.45, 2.75) is 31.5 Å². The lowest BCUT2D eigenvalue weighted by atomic mass is 9.98. The molecular formula is C24H22F3N3O2. The summed E-state index contributed by atoms with van der Waals surface area (Å²) in [5, 5.41) is 6.73. The van der Waals surface area contributed by atoms with E-state index in [-0.39, 0.29) is 17.5 Å². The number of halogens is 3. The molecule has 4 rings (SSSR count). The molecule has 1 aliphatic carbocycles. The topological polar surface area (TPSA) is 63.2 Å². The quantitative estimate of drug-likeness (QED) is 0.546. The fourth-order valence-electron chi connectivity index (χ4n) is 3.83. The Morgan fingerprint density at radius 2 is 1.88 bits per heavy atom. The SMILES string of the molecule is COc1ccccc1C(=O)NC1=C[C@@H](Nc2cc(C(F)(F)F)nc3ccccc23)CCC1. The molecule has 2 N–H and O–H groups in total. The molecule has 0 saturated carbocycles. The van der Waals surface area contributed by atoms with Crippen LogP contribution in [0.1, 0.15) is 35.3 Å². The van der Waals surface area contributed by atoms with E-state index in [2.05, 4.69) is 15.6 Å². The van der Waals surface area contributed by atoms with Crippen LogP contribution in [0, 0.1) is 0 Å². The molecular weight excluding hydrogens is 419 g/mol. The van der Waals surface area contributed by atoms with Crippen molar-refractivity contribution in [3.63, 3.8) is 0 Å².